The molecule has 0 atom stereocenters. The molecule has 0 saturated carbocycles. The number of para-hydroxylation sites is 5. The lowest BCUT2D eigenvalue weighted by atomic mass is 9.31. The van der Waals surface area contributed by atoms with Crippen LogP contribution in [0.1, 0.15) is 0 Å². The van der Waals surface area contributed by atoms with E-state index in [-0.39, 0.29) is 13.4 Å². The zero-order chi connectivity index (χ0) is 43.5. The third-order valence-electron chi connectivity index (χ3n) is 15.1. The van der Waals surface area contributed by atoms with Gasteiger partial charge in [-0.1, -0.05) is 139 Å². The maximum absolute atomic E-state index is 2.59. The molecular weight excluding hydrogens is 830 g/mol. The van der Waals surface area contributed by atoms with Crippen molar-refractivity contribution < 1.29 is 0 Å². The Labute approximate surface area is 392 Å². The molecule has 0 unspecified atom stereocenters. The van der Waals surface area contributed by atoms with E-state index in [9.17, 15) is 0 Å². The van der Waals surface area contributed by atoms with Gasteiger partial charge in [-0.05, 0) is 124 Å². The molecule has 7 heteroatoms. The quantitative estimate of drug-likeness (QED) is 0.164. The maximum Gasteiger partial charge on any atom is 0.252 e. The number of hydrogen-bond acceptors (Lipinski definition) is 4. The number of hydrogen-bond donors (Lipinski definition) is 0. The van der Waals surface area contributed by atoms with Crippen LogP contribution in [0.5, 0.6) is 0 Å². The third kappa shape index (κ3) is 4.71. The van der Waals surface area contributed by atoms with Gasteiger partial charge in [-0.15, -0.1) is 0 Å². The fourth-order valence-electron chi connectivity index (χ4n) is 12.5. The van der Waals surface area contributed by atoms with Crippen molar-refractivity contribution in [1.29, 1.82) is 0 Å². The van der Waals surface area contributed by atoms with E-state index >= 15 is 0 Å². The van der Waals surface area contributed by atoms with Gasteiger partial charge in [0.15, 0.2) is 0 Å². The summed E-state index contributed by atoms with van der Waals surface area (Å²) in [6.45, 7) is -0.0139. The fraction of sp³-hybridized carbons (Fsp3) is 0. The summed E-state index contributed by atoms with van der Waals surface area (Å²) in [6, 6.07) is 82.0. The lowest BCUT2D eigenvalue weighted by molar-refractivity contribution is 1.24. The first-order valence-electron chi connectivity index (χ1n) is 23.3. The summed E-state index contributed by atoms with van der Waals surface area (Å²) in [6.07, 6.45) is 0. The van der Waals surface area contributed by atoms with E-state index in [1.807, 2.05) is 11.8 Å². The Morgan fingerprint density at radius 2 is 0.761 bits per heavy atom. The molecule has 4 aliphatic heterocycles. The number of aromatic nitrogens is 1. The molecule has 0 radical (unpaired) electrons. The summed E-state index contributed by atoms with van der Waals surface area (Å²) < 4.78 is 2.54. The molecular formula is C60H36B2N4S. The van der Waals surface area contributed by atoms with E-state index in [4.69, 9.17) is 0 Å². The van der Waals surface area contributed by atoms with Gasteiger partial charge in [-0.3, -0.25) is 0 Å². The highest BCUT2D eigenvalue weighted by molar-refractivity contribution is 8.00. The summed E-state index contributed by atoms with van der Waals surface area (Å²) in [5, 5.41) is 5.15. The van der Waals surface area contributed by atoms with Crippen LogP contribution in [0.3, 0.4) is 0 Å². The van der Waals surface area contributed by atoms with Crippen LogP contribution < -0.4 is 47.5 Å². The summed E-state index contributed by atoms with van der Waals surface area (Å²) in [5.41, 5.74) is 22.6. The Bertz CT molecular complexity index is 4060. The van der Waals surface area contributed by atoms with Gasteiger partial charge in [0.1, 0.15) is 0 Å². The van der Waals surface area contributed by atoms with Crippen molar-refractivity contribution in [3.63, 3.8) is 0 Å². The first-order chi connectivity index (χ1) is 33.3. The van der Waals surface area contributed by atoms with Gasteiger partial charge in [0.05, 0.1) is 16.6 Å². The average Bonchev–Trinajstić information content (AvgIpc) is 3.90. The molecule has 0 fully saturated rings. The molecule has 4 nitrogen and oxygen atoms in total. The molecule has 4 aliphatic rings. The first-order valence-corrected chi connectivity index (χ1v) is 24.1. The van der Waals surface area contributed by atoms with Crippen LogP contribution in [-0.2, 0) is 0 Å². The molecule has 0 amide bonds. The standard InChI is InChI=1S/C60H36B2N4S/c1-4-17-37(18-5-1)63-49-28-15-29-50-58(49)62(45-34-52-43(33-53(45)63)42-25-14-24-41-40-23-10-12-27-48(40)66(52)60(41)42)47-36-54-46(35-55(47)64(50)38-19-6-2-7-20-38)61-44-26-11-13-31-56(44)67-57-32-16-30-51(59(57)61)65(54)39-21-8-3-9-22-39/h1-36H. The van der Waals surface area contributed by atoms with Gasteiger partial charge in [0.25, 0.3) is 6.71 Å². The molecule has 2 aromatic heterocycles. The van der Waals surface area contributed by atoms with Crippen LogP contribution in [0.15, 0.2) is 228 Å². The molecule has 0 aliphatic carbocycles. The van der Waals surface area contributed by atoms with Crippen molar-refractivity contribution in [3.8, 4) is 0 Å². The van der Waals surface area contributed by atoms with Gasteiger partial charge >= 0.3 is 0 Å². The van der Waals surface area contributed by atoms with Crippen molar-refractivity contribution in [2.24, 2.45) is 0 Å². The van der Waals surface area contributed by atoms with Crippen LogP contribution in [0.2, 0.25) is 0 Å². The predicted molar refractivity (Wildman–Crippen MR) is 285 cm³/mol. The summed E-state index contributed by atoms with van der Waals surface area (Å²) in [7, 11) is 0. The van der Waals surface area contributed by atoms with Crippen molar-refractivity contribution >= 4 is 147 Å². The molecule has 0 saturated heterocycles. The van der Waals surface area contributed by atoms with E-state index in [1.165, 1.54) is 115 Å². The lowest BCUT2D eigenvalue weighted by Gasteiger charge is -2.46. The molecule has 16 rings (SSSR count). The molecule has 10 aromatic carbocycles. The van der Waals surface area contributed by atoms with Crippen molar-refractivity contribution in [2.45, 2.75) is 9.79 Å². The molecule has 308 valence electrons. The van der Waals surface area contributed by atoms with Gasteiger partial charge in [-0.2, -0.15) is 0 Å². The van der Waals surface area contributed by atoms with Crippen LogP contribution >= 0.6 is 11.8 Å². The zero-order valence-corrected chi connectivity index (χ0v) is 37.0. The minimum atomic E-state index is -0.0766. The Morgan fingerprint density at radius 3 is 1.42 bits per heavy atom. The average molecular weight is 867 g/mol. The normalized spacial score (nSPS) is 14.1. The van der Waals surface area contributed by atoms with Gasteiger partial charge in [0.2, 0.25) is 6.71 Å². The fourth-order valence-corrected chi connectivity index (χ4v) is 13.7. The lowest BCUT2D eigenvalue weighted by Crippen LogP contribution is -2.64. The van der Waals surface area contributed by atoms with Crippen molar-refractivity contribution in [3.05, 3.63) is 218 Å². The molecule has 67 heavy (non-hydrogen) atoms. The Balaban J connectivity index is 1.06. The predicted octanol–water partition coefficient (Wildman–Crippen LogP) is 11.7. The van der Waals surface area contributed by atoms with Gasteiger partial charge < -0.3 is 19.1 Å². The maximum atomic E-state index is 2.59. The topological polar surface area (TPSA) is 14.1 Å². The summed E-state index contributed by atoms with van der Waals surface area (Å²) in [4.78, 5) is 10.3. The number of fused-ring (bicyclic) bond motifs is 14. The molecule has 0 bridgehead atoms. The number of rotatable bonds is 3. The molecule has 12 aromatic rings. The highest BCUT2D eigenvalue weighted by atomic mass is 32.2. The Morgan fingerprint density at radius 1 is 0.299 bits per heavy atom. The molecule has 6 heterocycles. The molecule has 0 N–H and O–H groups in total. The highest BCUT2D eigenvalue weighted by Gasteiger charge is 2.47. The number of benzene rings is 10. The van der Waals surface area contributed by atoms with E-state index in [0.717, 1.165) is 17.1 Å². The van der Waals surface area contributed by atoms with Gasteiger partial charge in [-0.25, -0.2) is 0 Å². The monoisotopic (exact) mass is 866 g/mol. The van der Waals surface area contributed by atoms with E-state index < -0.39 is 0 Å². The van der Waals surface area contributed by atoms with Crippen LogP contribution in [0.25, 0.3) is 38.1 Å². The minimum absolute atomic E-state index is 0.0627. The zero-order valence-electron chi connectivity index (χ0n) is 36.1. The van der Waals surface area contributed by atoms with E-state index in [2.05, 4.69) is 237 Å². The SMILES string of the molecule is c1ccc(N2c3cc4c(cc3B3c5ccccc5Sc5cccc2c53)N(c2ccccc2)c2cccc3c2B4c2cc4c(cc2N3c2ccccc2)c2cccc3c5ccccc5n4c32)cc1. The van der Waals surface area contributed by atoms with Gasteiger partial charge in [0, 0.05) is 82.5 Å². The van der Waals surface area contributed by atoms with E-state index in [0.29, 0.717) is 0 Å². The molecule has 0 spiro atoms. The minimum Gasteiger partial charge on any atom is -0.312 e. The summed E-state index contributed by atoms with van der Waals surface area (Å²) in [5.74, 6) is 0. The smallest absolute Gasteiger partial charge is 0.252 e. The van der Waals surface area contributed by atoms with E-state index in [1.54, 1.807) is 0 Å². The number of nitrogens with zero attached hydrogens (tertiary/aromatic N) is 4. The van der Waals surface area contributed by atoms with Crippen LogP contribution in [-0.4, -0.2) is 17.8 Å². The Hall–Kier alpha value is -8.12. The first kappa shape index (κ1) is 36.1. The third-order valence-corrected chi connectivity index (χ3v) is 16.3. The van der Waals surface area contributed by atoms with Crippen molar-refractivity contribution in [2.75, 3.05) is 14.7 Å². The van der Waals surface area contributed by atoms with Crippen molar-refractivity contribution in [1.82, 2.24) is 4.40 Å². The Kier molecular flexibility index (Phi) is 7.15. The highest BCUT2D eigenvalue weighted by Crippen LogP contribution is 2.48. The second-order valence-electron chi connectivity index (χ2n) is 18.4. The summed E-state index contributed by atoms with van der Waals surface area (Å²) >= 11 is 1.90. The largest absolute Gasteiger partial charge is 0.312 e. The second-order valence-corrected chi connectivity index (χ2v) is 19.5. The second kappa shape index (κ2) is 13.3. The number of anilines is 9. The van der Waals surface area contributed by atoms with Crippen LogP contribution in [0, 0.1) is 0 Å². The van der Waals surface area contributed by atoms with Crippen LogP contribution in [0.4, 0.5) is 51.2 Å².